The van der Waals surface area contributed by atoms with Gasteiger partial charge in [0.1, 0.15) is 0 Å². The standard InChI is InChI=1S/C14H27NO/c1-2-13-8-4-3-5-10-15(13)11-12-7-6-9-14(12)16/h12-14,16H,2-11H2,1H3. The molecule has 16 heavy (non-hydrogen) atoms. The number of hydrogen-bond acceptors (Lipinski definition) is 2. The van der Waals surface area contributed by atoms with Crippen LogP contribution in [0.15, 0.2) is 0 Å². The number of hydrogen-bond donors (Lipinski definition) is 1. The number of nitrogens with zero attached hydrogens (tertiary/aromatic N) is 1. The zero-order valence-electron chi connectivity index (χ0n) is 10.7. The van der Waals surface area contributed by atoms with Crippen LogP contribution in [0.5, 0.6) is 0 Å². The summed E-state index contributed by atoms with van der Waals surface area (Å²) in [6, 6.07) is 0.787. The summed E-state index contributed by atoms with van der Waals surface area (Å²) in [5.41, 5.74) is 0. The van der Waals surface area contributed by atoms with E-state index < -0.39 is 0 Å². The Labute approximate surface area is 100 Å². The van der Waals surface area contributed by atoms with Gasteiger partial charge in [0.05, 0.1) is 6.10 Å². The molecule has 2 rings (SSSR count). The molecule has 2 fully saturated rings. The van der Waals surface area contributed by atoms with E-state index in [1.807, 2.05) is 0 Å². The first-order chi connectivity index (χ1) is 7.81. The number of aliphatic hydroxyl groups is 1. The van der Waals surface area contributed by atoms with Crippen molar-refractivity contribution in [3.63, 3.8) is 0 Å². The quantitative estimate of drug-likeness (QED) is 0.798. The third-order valence-corrected chi connectivity index (χ3v) is 4.56. The predicted octanol–water partition coefficient (Wildman–Crippen LogP) is 2.80. The lowest BCUT2D eigenvalue weighted by Crippen LogP contribution is -2.39. The summed E-state index contributed by atoms with van der Waals surface area (Å²) in [5.74, 6) is 0.562. The summed E-state index contributed by atoms with van der Waals surface area (Å²) < 4.78 is 0. The first-order valence-corrected chi connectivity index (χ1v) is 7.23. The Bertz CT molecular complexity index is 207. The minimum Gasteiger partial charge on any atom is -0.393 e. The Kier molecular flexibility index (Phi) is 4.66. The highest BCUT2D eigenvalue weighted by Crippen LogP contribution is 2.29. The number of likely N-dealkylation sites (tertiary alicyclic amines) is 1. The van der Waals surface area contributed by atoms with Crippen LogP contribution in [0, 0.1) is 5.92 Å². The van der Waals surface area contributed by atoms with Crippen LogP contribution in [0.2, 0.25) is 0 Å². The van der Waals surface area contributed by atoms with E-state index in [4.69, 9.17) is 0 Å². The first kappa shape index (κ1) is 12.4. The summed E-state index contributed by atoms with van der Waals surface area (Å²) in [5, 5.41) is 9.92. The Morgan fingerprint density at radius 2 is 1.94 bits per heavy atom. The van der Waals surface area contributed by atoms with Crippen LogP contribution in [-0.4, -0.2) is 35.2 Å². The molecule has 1 N–H and O–H groups in total. The molecular weight excluding hydrogens is 198 g/mol. The van der Waals surface area contributed by atoms with E-state index >= 15 is 0 Å². The van der Waals surface area contributed by atoms with Crippen molar-refractivity contribution in [3.8, 4) is 0 Å². The fourth-order valence-electron chi connectivity index (χ4n) is 3.47. The van der Waals surface area contributed by atoms with Crippen LogP contribution < -0.4 is 0 Å². The summed E-state index contributed by atoms with van der Waals surface area (Å²) >= 11 is 0. The molecule has 3 atom stereocenters. The third kappa shape index (κ3) is 2.98. The monoisotopic (exact) mass is 225 g/mol. The lowest BCUT2D eigenvalue weighted by molar-refractivity contribution is 0.0847. The third-order valence-electron chi connectivity index (χ3n) is 4.56. The van der Waals surface area contributed by atoms with E-state index in [0.29, 0.717) is 5.92 Å². The molecule has 2 heteroatoms. The van der Waals surface area contributed by atoms with Crippen molar-refractivity contribution >= 4 is 0 Å². The molecule has 0 amide bonds. The second kappa shape index (κ2) is 6.02. The summed E-state index contributed by atoms with van der Waals surface area (Å²) in [6.45, 7) is 4.73. The second-order valence-electron chi connectivity index (χ2n) is 5.66. The molecule has 1 heterocycles. The van der Waals surface area contributed by atoms with Crippen LogP contribution in [0.3, 0.4) is 0 Å². The minimum absolute atomic E-state index is 0.0132. The maximum absolute atomic E-state index is 9.92. The van der Waals surface area contributed by atoms with Crippen LogP contribution in [0.25, 0.3) is 0 Å². The molecule has 0 aromatic heterocycles. The van der Waals surface area contributed by atoms with E-state index in [-0.39, 0.29) is 6.10 Å². The van der Waals surface area contributed by atoms with Gasteiger partial charge in [-0.3, -0.25) is 0 Å². The summed E-state index contributed by atoms with van der Waals surface area (Å²) in [4.78, 5) is 2.67. The van der Waals surface area contributed by atoms with E-state index in [9.17, 15) is 5.11 Å². The van der Waals surface area contributed by atoms with Crippen molar-refractivity contribution in [2.24, 2.45) is 5.92 Å². The highest BCUT2D eigenvalue weighted by Gasteiger charge is 2.29. The first-order valence-electron chi connectivity index (χ1n) is 7.23. The van der Waals surface area contributed by atoms with Crippen LogP contribution in [-0.2, 0) is 0 Å². The molecule has 1 aliphatic heterocycles. The SMILES string of the molecule is CCC1CCCCCN1CC1CCCC1O. The van der Waals surface area contributed by atoms with Gasteiger partial charge < -0.3 is 10.0 Å². The molecule has 0 spiro atoms. The van der Waals surface area contributed by atoms with Crippen molar-refractivity contribution in [2.45, 2.75) is 70.4 Å². The number of aliphatic hydroxyl groups excluding tert-OH is 1. The van der Waals surface area contributed by atoms with Crippen molar-refractivity contribution in [2.75, 3.05) is 13.1 Å². The fraction of sp³-hybridized carbons (Fsp3) is 1.00. The molecule has 0 aromatic rings. The highest BCUT2D eigenvalue weighted by atomic mass is 16.3. The Hall–Kier alpha value is -0.0800. The smallest absolute Gasteiger partial charge is 0.0580 e. The van der Waals surface area contributed by atoms with Crippen LogP contribution >= 0.6 is 0 Å². The predicted molar refractivity (Wildman–Crippen MR) is 67.5 cm³/mol. The van der Waals surface area contributed by atoms with E-state index in [1.54, 1.807) is 0 Å². The molecule has 0 radical (unpaired) electrons. The molecule has 1 aliphatic carbocycles. The molecule has 3 unspecified atom stereocenters. The molecule has 94 valence electrons. The zero-order valence-corrected chi connectivity index (χ0v) is 10.7. The lowest BCUT2D eigenvalue weighted by atomic mass is 10.0. The van der Waals surface area contributed by atoms with Crippen molar-refractivity contribution in [1.29, 1.82) is 0 Å². The van der Waals surface area contributed by atoms with Gasteiger partial charge in [-0.15, -0.1) is 0 Å². The highest BCUT2D eigenvalue weighted by molar-refractivity contribution is 4.83. The van der Waals surface area contributed by atoms with Gasteiger partial charge in [0.2, 0.25) is 0 Å². The van der Waals surface area contributed by atoms with Gasteiger partial charge >= 0.3 is 0 Å². The summed E-state index contributed by atoms with van der Waals surface area (Å²) in [7, 11) is 0. The van der Waals surface area contributed by atoms with E-state index in [2.05, 4.69) is 11.8 Å². The topological polar surface area (TPSA) is 23.5 Å². The van der Waals surface area contributed by atoms with Crippen molar-refractivity contribution in [3.05, 3.63) is 0 Å². The molecule has 0 aromatic carbocycles. The van der Waals surface area contributed by atoms with Gasteiger partial charge in [-0.1, -0.05) is 26.2 Å². The average molecular weight is 225 g/mol. The van der Waals surface area contributed by atoms with Gasteiger partial charge in [0, 0.05) is 12.6 Å². The second-order valence-corrected chi connectivity index (χ2v) is 5.66. The van der Waals surface area contributed by atoms with Gasteiger partial charge in [0.25, 0.3) is 0 Å². The average Bonchev–Trinajstić information content (AvgIpc) is 2.56. The molecule has 0 bridgehead atoms. The molecule has 2 aliphatic rings. The van der Waals surface area contributed by atoms with Crippen molar-refractivity contribution in [1.82, 2.24) is 4.90 Å². The van der Waals surface area contributed by atoms with Crippen molar-refractivity contribution < 1.29 is 5.11 Å². The minimum atomic E-state index is -0.0132. The maximum Gasteiger partial charge on any atom is 0.0580 e. The molecule has 2 nitrogen and oxygen atoms in total. The molecule has 1 saturated carbocycles. The number of rotatable bonds is 3. The Morgan fingerprint density at radius 1 is 1.06 bits per heavy atom. The summed E-state index contributed by atoms with van der Waals surface area (Å²) in [6.07, 6.45) is 10.3. The van der Waals surface area contributed by atoms with Crippen LogP contribution in [0.1, 0.15) is 58.3 Å². The fourth-order valence-corrected chi connectivity index (χ4v) is 3.47. The lowest BCUT2D eigenvalue weighted by Gasteiger charge is -2.32. The maximum atomic E-state index is 9.92. The van der Waals surface area contributed by atoms with Gasteiger partial charge in [-0.05, 0) is 44.6 Å². The normalized spacial score (nSPS) is 37.5. The van der Waals surface area contributed by atoms with Gasteiger partial charge in [0.15, 0.2) is 0 Å². The molecular formula is C14H27NO. The van der Waals surface area contributed by atoms with Gasteiger partial charge in [-0.25, -0.2) is 0 Å². The Morgan fingerprint density at radius 3 is 2.62 bits per heavy atom. The van der Waals surface area contributed by atoms with Gasteiger partial charge in [-0.2, -0.15) is 0 Å². The van der Waals surface area contributed by atoms with E-state index in [0.717, 1.165) is 19.0 Å². The Balaban J connectivity index is 1.89. The van der Waals surface area contributed by atoms with Crippen LogP contribution in [0.4, 0.5) is 0 Å². The molecule has 1 saturated heterocycles. The largest absolute Gasteiger partial charge is 0.393 e. The van der Waals surface area contributed by atoms with E-state index in [1.165, 1.54) is 51.5 Å². The zero-order chi connectivity index (χ0) is 11.4.